The minimum atomic E-state index is 0.250. The average Bonchev–Trinajstić information content (AvgIpc) is 3.08. The van der Waals surface area contributed by atoms with Crippen molar-refractivity contribution < 1.29 is 0 Å². The largest absolute Gasteiger partial charge is 0.0654 e. The maximum Gasteiger partial charge on any atom is 0.0215 e. The summed E-state index contributed by atoms with van der Waals surface area (Å²) in [7, 11) is 0. The Hall–Kier alpha value is -1.56. The van der Waals surface area contributed by atoms with Crippen molar-refractivity contribution in [3.05, 3.63) is 59.7 Å². The molecule has 31 heavy (non-hydrogen) atoms. The van der Waals surface area contributed by atoms with Crippen LogP contribution in [0.4, 0.5) is 0 Å². The molecule has 0 saturated heterocycles. The number of hydrogen-bond acceptors (Lipinski definition) is 0. The Morgan fingerprint density at radius 1 is 0.452 bits per heavy atom. The van der Waals surface area contributed by atoms with E-state index in [1.807, 2.05) is 0 Å². The Kier molecular flexibility index (Phi) is 10.2. The van der Waals surface area contributed by atoms with Gasteiger partial charge in [-0.2, -0.15) is 0 Å². The molecule has 2 aromatic carbocycles. The molecule has 0 N–H and O–H groups in total. The number of hydrogen-bond donors (Lipinski definition) is 0. The third-order valence-corrected chi connectivity index (χ3v) is 7.59. The van der Waals surface area contributed by atoms with Crippen LogP contribution in [0.2, 0.25) is 0 Å². The van der Waals surface area contributed by atoms with Crippen LogP contribution in [0.5, 0.6) is 0 Å². The highest BCUT2D eigenvalue weighted by Gasteiger charge is 2.41. The van der Waals surface area contributed by atoms with Crippen LogP contribution < -0.4 is 0 Å². The van der Waals surface area contributed by atoms with Gasteiger partial charge in [-0.05, 0) is 35.1 Å². The summed E-state index contributed by atoms with van der Waals surface area (Å²) in [5, 5.41) is 0. The van der Waals surface area contributed by atoms with Gasteiger partial charge in [-0.1, -0.05) is 152 Å². The zero-order valence-electron chi connectivity index (χ0n) is 20.4. The van der Waals surface area contributed by atoms with Crippen molar-refractivity contribution in [2.75, 3.05) is 0 Å². The van der Waals surface area contributed by atoms with Gasteiger partial charge in [0.15, 0.2) is 0 Å². The minimum absolute atomic E-state index is 0.250. The summed E-state index contributed by atoms with van der Waals surface area (Å²) in [5.74, 6) is 0. The van der Waals surface area contributed by atoms with Crippen molar-refractivity contribution >= 4 is 0 Å². The second-order valence-electron chi connectivity index (χ2n) is 9.92. The highest BCUT2D eigenvalue weighted by molar-refractivity contribution is 5.80. The van der Waals surface area contributed by atoms with Crippen LogP contribution in [0.3, 0.4) is 0 Å². The predicted octanol–water partition coefficient (Wildman–Crippen LogP) is 10.2. The van der Waals surface area contributed by atoms with E-state index in [2.05, 4.69) is 62.4 Å². The third kappa shape index (κ3) is 6.24. The van der Waals surface area contributed by atoms with Gasteiger partial charge in [0.1, 0.15) is 0 Å². The van der Waals surface area contributed by atoms with Crippen LogP contribution in [0, 0.1) is 0 Å². The molecule has 0 heteroatoms. The van der Waals surface area contributed by atoms with Crippen LogP contribution in [-0.2, 0) is 5.41 Å². The molecule has 0 aliphatic heterocycles. The lowest BCUT2D eigenvalue weighted by atomic mass is 9.70. The molecular weight excluding hydrogens is 372 g/mol. The zero-order valence-corrected chi connectivity index (χ0v) is 20.4. The molecule has 0 radical (unpaired) electrons. The predicted molar refractivity (Wildman–Crippen MR) is 138 cm³/mol. The SMILES string of the molecule is CCCCCCCCCC1(CCCCCCCCC)c2ccccc2-c2ccccc21. The second-order valence-corrected chi connectivity index (χ2v) is 9.92. The Bertz CT molecular complexity index is 691. The molecule has 0 atom stereocenters. The lowest BCUT2D eigenvalue weighted by molar-refractivity contribution is 0.397. The first-order valence-electron chi connectivity index (χ1n) is 13.5. The van der Waals surface area contributed by atoms with E-state index in [1.165, 1.54) is 114 Å². The van der Waals surface area contributed by atoms with Crippen molar-refractivity contribution in [3.63, 3.8) is 0 Å². The fourth-order valence-corrected chi connectivity index (χ4v) is 5.85. The summed E-state index contributed by atoms with van der Waals surface area (Å²) < 4.78 is 0. The van der Waals surface area contributed by atoms with Gasteiger partial charge in [0.2, 0.25) is 0 Å². The fourth-order valence-electron chi connectivity index (χ4n) is 5.85. The summed E-state index contributed by atoms with van der Waals surface area (Å²) in [6.45, 7) is 4.62. The Morgan fingerprint density at radius 2 is 0.806 bits per heavy atom. The summed E-state index contributed by atoms with van der Waals surface area (Å²) >= 11 is 0. The maximum absolute atomic E-state index is 2.44. The fraction of sp³-hybridized carbons (Fsp3) is 0.613. The molecule has 0 aromatic heterocycles. The molecule has 0 saturated carbocycles. The topological polar surface area (TPSA) is 0 Å². The first-order valence-corrected chi connectivity index (χ1v) is 13.5. The summed E-state index contributed by atoms with van der Waals surface area (Å²) in [6, 6.07) is 18.6. The van der Waals surface area contributed by atoms with Crippen LogP contribution in [0.15, 0.2) is 48.5 Å². The first-order chi connectivity index (χ1) is 15.3. The lowest BCUT2D eigenvalue weighted by Crippen LogP contribution is -2.25. The van der Waals surface area contributed by atoms with E-state index in [0.717, 1.165) is 0 Å². The van der Waals surface area contributed by atoms with E-state index in [1.54, 1.807) is 11.1 Å². The highest BCUT2D eigenvalue weighted by atomic mass is 14.4. The zero-order chi connectivity index (χ0) is 21.8. The number of benzene rings is 2. The van der Waals surface area contributed by atoms with Gasteiger partial charge in [0, 0.05) is 5.41 Å². The normalized spacial score (nSPS) is 13.9. The molecule has 0 fully saturated rings. The van der Waals surface area contributed by atoms with E-state index < -0.39 is 0 Å². The van der Waals surface area contributed by atoms with Gasteiger partial charge in [0.25, 0.3) is 0 Å². The van der Waals surface area contributed by atoms with Gasteiger partial charge in [-0.15, -0.1) is 0 Å². The standard InChI is InChI=1S/C31H46/c1-3-5-7-9-11-13-19-25-31(26-20-14-12-10-8-6-4-2)29-23-17-15-21-27(29)28-22-16-18-24-30(28)31/h15-18,21-24H,3-14,19-20,25-26H2,1-2H3. The molecule has 3 rings (SSSR count). The molecule has 170 valence electrons. The molecule has 1 aliphatic rings. The van der Waals surface area contributed by atoms with Crippen LogP contribution in [0.1, 0.15) is 128 Å². The van der Waals surface area contributed by atoms with E-state index in [0.29, 0.717) is 0 Å². The molecule has 0 nitrogen and oxygen atoms in total. The van der Waals surface area contributed by atoms with E-state index >= 15 is 0 Å². The van der Waals surface area contributed by atoms with Crippen molar-refractivity contribution in [3.8, 4) is 11.1 Å². The summed E-state index contributed by atoms with van der Waals surface area (Å²) in [5.41, 5.74) is 6.49. The molecule has 1 aliphatic carbocycles. The molecule has 0 heterocycles. The van der Waals surface area contributed by atoms with Gasteiger partial charge < -0.3 is 0 Å². The smallest absolute Gasteiger partial charge is 0.0215 e. The van der Waals surface area contributed by atoms with E-state index in [9.17, 15) is 0 Å². The Labute approximate surface area is 192 Å². The molecule has 0 bridgehead atoms. The molecular formula is C31H46. The van der Waals surface area contributed by atoms with Gasteiger partial charge in [0.05, 0.1) is 0 Å². The number of unbranched alkanes of at least 4 members (excludes halogenated alkanes) is 12. The molecule has 0 unspecified atom stereocenters. The van der Waals surface area contributed by atoms with E-state index in [-0.39, 0.29) is 5.41 Å². The molecule has 0 spiro atoms. The van der Waals surface area contributed by atoms with Crippen LogP contribution in [0.25, 0.3) is 11.1 Å². The van der Waals surface area contributed by atoms with Gasteiger partial charge in [-0.3, -0.25) is 0 Å². The molecule has 0 amide bonds. The van der Waals surface area contributed by atoms with Crippen molar-refractivity contribution in [2.24, 2.45) is 0 Å². The van der Waals surface area contributed by atoms with Crippen molar-refractivity contribution in [1.29, 1.82) is 0 Å². The van der Waals surface area contributed by atoms with Crippen molar-refractivity contribution in [1.82, 2.24) is 0 Å². The Morgan fingerprint density at radius 3 is 1.23 bits per heavy atom. The summed E-state index contributed by atoms with van der Waals surface area (Å²) in [6.07, 6.45) is 22.2. The third-order valence-electron chi connectivity index (χ3n) is 7.59. The number of rotatable bonds is 16. The first kappa shape index (κ1) is 24.1. The highest BCUT2D eigenvalue weighted by Crippen LogP contribution is 2.53. The summed E-state index contributed by atoms with van der Waals surface area (Å²) in [4.78, 5) is 0. The lowest BCUT2D eigenvalue weighted by Gasteiger charge is -2.33. The van der Waals surface area contributed by atoms with E-state index in [4.69, 9.17) is 0 Å². The van der Waals surface area contributed by atoms with Crippen molar-refractivity contribution in [2.45, 2.75) is 122 Å². The Balaban J connectivity index is 1.68. The van der Waals surface area contributed by atoms with Gasteiger partial charge in [-0.25, -0.2) is 0 Å². The minimum Gasteiger partial charge on any atom is -0.0654 e. The molecule has 2 aromatic rings. The van der Waals surface area contributed by atoms with Gasteiger partial charge >= 0.3 is 0 Å². The maximum atomic E-state index is 2.44. The van der Waals surface area contributed by atoms with Crippen LogP contribution >= 0.6 is 0 Å². The average molecular weight is 419 g/mol. The monoisotopic (exact) mass is 418 g/mol. The number of fused-ring (bicyclic) bond motifs is 3. The second kappa shape index (κ2) is 13.1. The van der Waals surface area contributed by atoms with Crippen LogP contribution in [-0.4, -0.2) is 0 Å². The quantitative estimate of drug-likeness (QED) is 0.238.